The van der Waals surface area contributed by atoms with Crippen LogP contribution < -0.4 is 15.3 Å². The molecule has 0 aliphatic carbocycles. The zero-order valence-corrected chi connectivity index (χ0v) is 26.4. The topological polar surface area (TPSA) is 118 Å². The summed E-state index contributed by atoms with van der Waals surface area (Å²) in [4.78, 5) is 36.1. The number of hydrogen-bond donors (Lipinski definition) is 1. The molecule has 3 aromatic heterocycles. The second-order valence-electron chi connectivity index (χ2n) is 13.1. The Morgan fingerprint density at radius 1 is 1.21 bits per heavy atom. The molecule has 0 radical (unpaired) electrons. The van der Waals surface area contributed by atoms with E-state index < -0.39 is 23.2 Å². The van der Waals surface area contributed by atoms with Crippen LogP contribution in [0.25, 0.3) is 33.0 Å². The third kappa shape index (κ3) is 4.67. The number of ether oxygens (including phenoxy) is 1. The fourth-order valence-corrected chi connectivity index (χ4v) is 7.89. The molecule has 12 heteroatoms. The molecular formula is C36H32F2N6O4. The molecule has 8 rings (SSSR count). The van der Waals surface area contributed by atoms with Crippen LogP contribution in [0.2, 0.25) is 0 Å². The standard InChI is InChI=1S/C36H32F2N6O4/c1-4-24-27(38)7-6-21-12-23(45)13-25(29(21)24)32-19(2)31-30(34(46)48-32)33(44-16-26(20(44)3)28-8-10-39-18-40-28)42-35(41-31)47-17-36-9-5-11-43(36)15-22(37)14-36/h1,6-8,10,12-13,18,20,22,26,45H,5,9,11,14-17H2,2-3H3/t20-,22-,26-,36+/m1/s1. The van der Waals surface area contributed by atoms with Gasteiger partial charge in [-0.1, -0.05) is 12.0 Å². The van der Waals surface area contributed by atoms with Crippen LogP contribution in [0, 0.1) is 25.1 Å². The second kappa shape index (κ2) is 11.2. The SMILES string of the molecule is C#Cc1c(F)ccc2cc(O)cc(-c3oc(=O)c4c(N5C[C@@H](c6ccncn6)[C@H]5C)nc(OC[C@@]56CCCN5C[C@H](F)C6)nc4c3C)c12. The maximum Gasteiger partial charge on any atom is 0.349 e. The number of fused-ring (bicyclic) bond motifs is 3. The molecule has 3 saturated heterocycles. The molecule has 10 nitrogen and oxygen atoms in total. The number of phenols is 1. The average Bonchev–Trinajstić information content (AvgIpc) is 3.60. The van der Waals surface area contributed by atoms with Crippen molar-refractivity contribution in [3.8, 4) is 35.4 Å². The van der Waals surface area contributed by atoms with E-state index >= 15 is 0 Å². The van der Waals surface area contributed by atoms with Crippen molar-refractivity contribution in [1.29, 1.82) is 0 Å². The predicted molar refractivity (Wildman–Crippen MR) is 175 cm³/mol. The van der Waals surface area contributed by atoms with Gasteiger partial charge >= 0.3 is 11.6 Å². The first kappa shape index (κ1) is 30.2. The number of benzene rings is 2. The number of anilines is 1. The van der Waals surface area contributed by atoms with Gasteiger partial charge in [-0.15, -0.1) is 6.42 Å². The van der Waals surface area contributed by atoms with Gasteiger partial charge in [0.05, 0.1) is 22.3 Å². The average molecular weight is 651 g/mol. The van der Waals surface area contributed by atoms with Crippen molar-refractivity contribution in [3.05, 3.63) is 75.9 Å². The summed E-state index contributed by atoms with van der Waals surface area (Å²) in [5.74, 6) is 2.17. The lowest BCUT2D eigenvalue weighted by Gasteiger charge is -2.47. The summed E-state index contributed by atoms with van der Waals surface area (Å²) in [7, 11) is 0. The molecule has 0 bridgehead atoms. The highest BCUT2D eigenvalue weighted by atomic mass is 19.1. The van der Waals surface area contributed by atoms with Gasteiger partial charge in [0.25, 0.3) is 0 Å². The first-order chi connectivity index (χ1) is 23.2. The molecule has 6 heterocycles. The Hall–Kier alpha value is -5.15. The molecule has 48 heavy (non-hydrogen) atoms. The van der Waals surface area contributed by atoms with Crippen molar-refractivity contribution in [3.63, 3.8) is 0 Å². The quantitative estimate of drug-likeness (QED) is 0.244. The summed E-state index contributed by atoms with van der Waals surface area (Å²) >= 11 is 0. The Balaban J connectivity index is 1.29. The van der Waals surface area contributed by atoms with Crippen LogP contribution in [-0.2, 0) is 0 Å². The molecule has 0 amide bonds. The maximum atomic E-state index is 14.9. The summed E-state index contributed by atoms with van der Waals surface area (Å²) in [6, 6.07) is 7.43. The Morgan fingerprint density at radius 2 is 2.06 bits per heavy atom. The van der Waals surface area contributed by atoms with Gasteiger partial charge in [-0.2, -0.15) is 9.97 Å². The Labute approximate surface area is 274 Å². The lowest BCUT2D eigenvalue weighted by Crippen LogP contribution is -2.54. The first-order valence-corrected chi connectivity index (χ1v) is 16.0. The lowest BCUT2D eigenvalue weighted by molar-refractivity contribution is 0.107. The van der Waals surface area contributed by atoms with Crippen molar-refractivity contribution in [1.82, 2.24) is 24.8 Å². The predicted octanol–water partition coefficient (Wildman–Crippen LogP) is 5.28. The number of aryl methyl sites for hydroxylation is 1. The fourth-order valence-electron chi connectivity index (χ4n) is 7.89. The molecular weight excluding hydrogens is 618 g/mol. The number of rotatable bonds is 6. The molecule has 4 atom stereocenters. The van der Waals surface area contributed by atoms with Crippen molar-refractivity contribution >= 4 is 27.5 Å². The van der Waals surface area contributed by atoms with Crippen LogP contribution in [0.3, 0.4) is 0 Å². The van der Waals surface area contributed by atoms with E-state index in [0.717, 1.165) is 25.1 Å². The van der Waals surface area contributed by atoms with E-state index in [4.69, 9.17) is 25.5 Å². The normalized spacial score (nSPS) is 23.7. The first-order valence-electron chi connectivity index (χ1n) is 16.0. The highest BCUT2D eigenvalue weighted by Crippen LogP contribution is 2.43. The van der Waals surface area contributed by atoms with Gasteiger partial charge in [0, 0.05) is 54.2 Å². The van der Waals surface area contributed by atoms with Crippen molar-refractivity contribution in [2.75, 3.05) is 31.1 Å². The van der Waals surface area contributed by atoms with Gasteiger partial charge in [-0.25, -0.2) is 23.5 Å². The number of aromatic nitrogens is 4. The zero-order chi connectivity index (χ0) is 33.3. The van der Waals surface area contributed by atoms with Gasteiger partial charge in [0.15, 0.2) is 5.82 Å². The molecule has 244 valence electrons. The van der Waals surface area contributed by atoms with Crippen molar-refractivity contribution in [2.45, 2.75) is 56.8 Å². The van der Waals surface area contributed by atoms with Crippen LogP contribution in [0.5, 0.6) is 11.8 Å². The highest BCUT2D eigenvalue weighted by molar-refractivity contribution is 6.03. The van der Waals surface area contributed by atoms with Gasteiger partial charge < -0.3 is 19.2 Å². The minimum absolute atomic E-state index is 0.0229. The van der Waals surface area contributed by atoms with Gasteiger partial charge in [-0.3, -0.25) is 4.90 Å². The van der Waals surface area contributed by atoms with Crippen LogP contribution in [0.15, 0.2) is 52.1 Å². The van der Waals surface area contributed by atoms with E-state index in [1.165, 1.54) is 30.6 Å². The minimum atomic E-state index is -0.924. The number of nitrogens with zero attached hydrogens (tertiary/aromatic N) is 6. The zero-order valence-electron chi connectivity index (χ0n) is 26.4. The molecule has 3 fully saturated rings. The number of phenolic OH excluding ortho intramolecular Hbond substituents is 1. The largest absolute Gasteiger partial charge is 0.508 e. The minimum Gasteiger partial charge on any atom is -0.508 e. The number of terminal acetylenes is 1. The molecule has 0 unspecified atom stereocenters. The Bertz CT molecular complexity index is 2210. The number of alkyl halides is 1. The van der Waals surface area contributed by atoms with E-state index in [0.29, 0.717) is 41.7 Å². The summed E-state index contributed by atoms with van der Waals surface area (Å²) in [6.45, 7) is 5.67. The molecule has 1 N–H and O–H groups in total. The third-order valence-electron chi connectivity index (χ3n) is 10.4. The number of hydrogen-bond acceptors (Lipinski definition) is 10. The molecule has 3 aliphatic heterocycles. The molecule has 0 spiro atoms. The maximum absolute atomic E-state index is 14.9. The monoisotopic (exact) mass is 650 g/mol. The number of aromatic hydroxyl groups is 1. The molecule has 2 aromatic carbocycles. The van der Waals surface area contributed by atoms with Gasteiger partial charge in [-0.05, 0) is 62.9 Å². The van der Waals surface area contributed by atoms with E-state index in [-0.39, 0.29) is 58.1 Å². The Morgan fingerprint density at radius 3 is 2.83 bits per heavy atom. The van der Waals surface area contributed by atoms with E-state index in [1.54, 1.807) is 13.1 Å². The van der Waals surface area contributed by atoms with Crippen LogP contribution >= 0.6 is 0 Å². The van der Waals surface area contributed by atoms with E-state index in [2.05, 4.69) is 20.8 Å². The van der Waals surface area contributed by atoms with Crippen LogP contribution in [0.4, 0.5) is 14.6 Å². The van der Waals surface area contributed by atoms with E-state index in [1.807, 2.05) is 17.9 Å². The third-order valence-corrected chi connectivity index (χ3v) is 10.4. The van der Waals surface area contributed by atoms with Crippen molar-refractivity contribution < 1.29 is 23.0 Å². The molecule has 0 saturated carbocycles. The van der Waals surface area contributed by atoms with Crippen LogP contribution in [0.1, 0.15) is 48.9 Å². The number of halogens is 2. The van der Waals surface area contributed by atoms with Gasteiger partial charge in [0.1, 0.15) is 41.8 Å². The summed E-state index contributed by atoms with van der Waals surface area (Å²) in [5.41, 5.74) is 0.684. The summed E-state index contributed by atoms with van der Waals surface area (Å²) in [6.07, 6.45) is 10.2. The van der Waals surface area contributed by atoms with E-state index in [9.17, 15) is 18.7 Å². The molecule has 5 aromatic rings. The fraction of sp³-hybridized carbons (Fsp3) is 0.361. The highest BCUT2D eigenvalue weighted by Gasteiger charge is 2.49. The second-order valence-corrected chi connectivity index (χ2v) is 13.1. The van der Waals surface area contributed by atoms with Gasteiger partial charge in [0.2, 0.25) is 0 Å². The Kier molecular flexibility index (Phi) is 7.07. The summed E-state index contributed by atoms with van der Waals surface area (Å²) in [5, 5.41) is 11.6. The lowest BCUT2D eigenvalue weighted by atomic mass is 9.86. The molecule has 3 aliphatic rings. The van der Waals surface area contributed by atoms with Crippen LogP contribution in [-0.4, -0.2) is 73.9 Å². The summed E-state index contributed by atoms with van der Waals surface area (Å²) < 4.78 is 41.8. The smallest absolute Gasteiger partial charge is 0.349 e. The van der Waals surface area contributed by atoms with Crippen molar-refractivity contribution in [2.24, 2.45) is 0 Å².